The Morgan fingerprint density at radius 1 is 0.741 bits per heavy atom. The molecule has 8 atom stereocenters. The Morgan fingerprint density at radius 2 is 1.30 bits per heavy atom. The highest BCUT2D eigenvalue weighted by Gasteiger charge is 2.56. The molecule has 4 amide bonds. The van der Waals surface area contributed by atoms with Crippen LogP contribution in [-0.4, -0.2) is 90.1 Å². The van der Waals surface area contributed by atoms with Gasteiger partial charge < -0.3 is 45.0 Å². The lowest BCUT2D eigenvalue weighted by Gasteiger charge is -2.29. The number of alkyl carbamates (subject to hydrolysis) is 1. The summed E-state index contributed by atoms with van der Waals surface area (Å²) in [4.78, 5) is 69.8. The number of methoxy groups -OCH3 is 1. The van der Waals surface area contributed by atoms with Crippen molar-refractivity contribution in [2.75, 3.05) is 7.11 Å². The summed E-state index contributed by atoms with van der Waals surface area (Å²) in [5, 5.41) is 14.0. The summed E-state index contributed by atoms with van der Waals surface area (Å²) < 4.78 is 11.0. The summed E-state index contributed by atoms with van der Waals surface area (Å²) in [6.45, 7) is 3.24. The number of fused-ring (bicyclic) bond motifs is 4. The molecule has 278 valence electrons. The van der Waals surface area contributed by atoms with E-state index in [-0.39, 0.29) is 36.0 Å². The molecule has 0 radical (unpaired) electrons. The average Bonchev–Trinajstić information content (AvgIpc) is 3.82. The number of hydrogen-bond donors (Lipinski definition) is 5. The third-order valence-corrected chi connectivity index (χ3v) is 11.3. The highest BCUT2D eigenvalue weighted by Crippen LogP contribution is 2.54. The van der Waals surface area contributed by atoms with Crippen LogP contribution >= 0.6 is 0 Å². The zero-order chi connectivity index (χ0) is 37.4. The smallest absolute Gasteiger partial charge is 0.407 e. The van der Waals surface area contributed by atoms with Crippen LogP contribution in [0, 0.1) is 11.8 Å². The second-order valence-electron chi connectivity index (χ2n) is 14.9. The normalized spacial score (nSPS) is 24.8. The summed E-state index contributed by atoms with van der Waals surface area (Å²) in [6.07, 6.45) is 1.63. The molecule has 4 heterocycles. The molecule has 0 spiro atoms. The van der Waals surface area contributed by atoms with Gasteiger partial charge in [-0.15, -0.1) is 0 Å². The number of aromatic amines is 2. The molecule has 5 aromatic rings. The molecule has 15 nitrogen and oxygen atoms in total. The topological polar surface area (TPSA) is 195 Å². The zero-order valence-electron chi connectivity index (χ0n) is 29.9. The number of nitrogens with zero attached hydrogens (tertiary/aromatic N) is 4. The number of aromatic nitrogens is 4. The fourth-order valence-electron chi connectivity index (χ4n) is 8.50. The fourth-order valence-corrected chi connectivity index (χ4v) is 8.50. The first-order valence-electron chi connectivity index (χ1n) is 18.3. The van der Waals surface area contributed by atoms with Crippen LogP contribution in [0.5, 0.6) is 11.5 Å². The van der Waals surface area contributed by atoms with Crippen molar-refractivity contribution in [2.24, 2.45) is 11.8 Å². The first-order valence-corrected chi connectivity index (χ1v) is 18.3. The lowest BCUT2D eigenvalue weighted by molar-refractivity contribution is -0.135. The maximum Gasteiger partial charge on any atom is 0.407 e. The zero-order valence-corrected chi connectivity index (χ0v) is 29.9. The second kappa shape index (κ2) is 12.8. The van der Waals surface area contributed by atoms with Crippen molar-refractivity contribution in [2.45, 2.75) is 75.8 Å². The molecule has 54 heavy (non-hydrogen) atoms. The number of H-pyrrole nitrogens is 2. The van der Waals surface area contributed by atoms with Gasteiger partial charge in [-0.25, -0.2) is 19.6 Å². The third kappa shape index (κ3) is 6.02. The van der Waals surface area contributed by atoms with E-state index in [9.17, 15) is 19.2 Å². The van der Waals surface area contributed by atoms with Crippen LogP contribution in [-0.2, 0) is 14.3 Å². The minimum atomic E-state index is -1.22. The molecule has 0 unspecified atom stereocenters. The van der Waals surface area contributed by atoms with Crippen LogP contribution in [0.1, 0.15) is 63.3 Å². The summed E-state index contributed by atoms with van der Waals surface area (Å²) >= 11 is 0. The second-order valence-corrected chi connectivity index (χ2v) is 14.9. The van der Waals surface area contributed by atoms with Crippen molar-refractivity contribution < 1.29 is 33.8 Å². The quantitative estimate of drug-likeness (QED) is 0.128. The molecule has 9 rings (SSSR count). The van der Waals surface area contributed by atoms with Crippen molar-refractivity contribution in [1.29, 1.82) is 0 Å². The van der Waals surface area contributed by atoms with Crippen molar-refractivity contribution in [1.82, 2.24) is 40.4 Å². The third-order valence-electron chi connectivity index (χ3n) is 11.3. The molecular weight excluding hydrogens is 692 g/mol. The number of rotatable bonds is 9. The maximum atomic E-state index is 13.4. The Kier molecular flexibility index (Phi) is 7.97. The predicted molar refractivity (Wildman–Crippen MR) is 196 cm³/mol. The minimum absolute atomic E-state index is 0.119. The Bertz CT molecular complexity index is 2340. The van der Waals surface area contributed by atoms with Crippen molar-refractivity contribution in [3.63, 3.8) is 0 Å². The number of nitrogens with one attached hydrogen (secondary N) is 4. The molecule has 4 aliphatic rings. The first-order chi connectivity index (χ1) is 26.0. The number of piperidine rings is 2. The number of amides is 4. The highest BCUT2D eigenvalue weighted by atomic mass is 16.5. The lowest BCUT2D eigenvalue weighted by Crippen LogP contribution is -2.47. The number of benzene rings is 3. The standard InChI is InChI=1S/C39H40N8O7/c1-18(40-38(50)51)36(48)46-30-13-22(30)15-32(46)34-42-26-9-7-21(12-28(26)44-34)20-5-4-6-24(11-20)54-25-8-10-27-29(17-25)45-35(43-27)33-16-23-14-31(23)47(33)37(49)19(2)41-39(52)53-3/h4-12,17-19,22-23,30-33,40H,13-16H2,1-3H3,(H,41,52)(H,42,44)(H,43,45)(H,50,51)/t18-,19-,22+,23+,30+,31+,32-,33-/m0/s1. The lowest BCUT2D eigenvalue weighted by atomic mass is 10.0. The summed E-state index contributed by atoms with van der Waals surface area (Å²) in [5.41, 5.74) is 5.09. The Morgan fingerprint density at radius 3 is 1.91 bits per heavy atom. The van der Waals surface area contributed by atoms with Gasteiger partial charge in [0.05, 0.1) is 41.3 Å². The molecule has 0 bridgehead atoms. The number of carbonyl (C=O) groups is 4. The number of imidazole rings is 2. The van der Waals surface area contributed by atoms with Gasteiger partial charge in [0, 0.05) is 18.2 Å². The van der Waals surface area contributed by atoms with Crippen LogP contribution < -0.4 is 15.4 Å². The molecule has 4 fully saturated rings. The van der Waals surface area contributed by atoms with Gasteiger partial charge in [-0.1, -0.05) is 18.2 Å². The molecule has 2 saturated carbocycles. The van der Waals surface area contributed by atoms with E-state index in [1.54, 1.807) is 13.8 Å². The number of hydrogen-bond acceptors (Lipinski definition) is 8. The summed E-state index contributed by atoms with van der Waals surface area (Å²) in [5.74, 6) is 3.14. The molecular formula is C39H40N8O7. The van der Waals surface area contributed by atoms with E-state index in [0.29, 0.717) is 35.0 Å². The molecule has 3 aromatic carbocycles. The molecule has 2 aliphatic heterocycles. The van der Waals surface area contributed by atoms with E-state index in [1.807, 2.05) is 70.5 Å². The van der Waals surface area contributed by atoms with E-state index in [2.05, 4.69) is 25.3 Å². The van der Waals surface area contributed by atoms with Crippen molar-refractivity contribution in [3.05, 3.63) is 72.3 Å². The molecule has 15 heteroatoms. The van der Waals surface area contributed by atoms with Gasteiger partial charge in [0.25, 0.3) is 0 Å². The SMILES string of the molecule is COC(=O)N[C@@H](C)C(=O)N1[C@@H]2C[C@@H]2C[C@H]1c1nc2ccc(Oc3cccc(-c4ccc5nc([C@@H]6C[C@H]7C[C@H]7N6C(=O)[C@H](C)NC(=O)O)[nH]c5c4)c3)cc2[nH]1. The number of carbonyl (C=O) groups excluding carboxylic acids is 3. The van der Waals surface area contributed by atoms with Gasteiger partial charge >= 0.3 is 12.2 Å². The van der Waals surface area contributed by atoms with Gasteiger partial charge in [-0.2, -0.15) is 0 Å². The number of carboxylic acid groups (broad SMARTS) is 1. The minimum Gasteiger partial charge on any atom is -0.465 e. The van der Waals surface area contributed by atoms with Gasteiger partial charge in [0.15, 0.2) is 0 Å². The first kappa shape index (κ1) is 33.7. The van der Waals surface area contributed by atoms with Crippen LogP contribution in [0.4, 0.5) is 9.59 Å². The van der Waals surface area contributed by atoms with Crippen LogP contribution in [0.3, 0.4) is 0 Å². The van der Waals surface area contributed by atoms with Gasteiger partial charge in [0.1, 0.15) is 35.2 Å². The fraction of sp³-hybridized carbons (Fsp3) is 0.385. The average molecular weight is 733 g/mol. The van der Waals surface area contributed by atoms with Gasteiger partial charge in [0.2, 0.25) is 11.8 Å². The van der Waals surface area contributed by atoms with E-state index in [1.165, 1.54) is 7.11 Å². The molecule has 2 aromatic heterocycles. The highest BCUT2D eigenvalue weighted by molar-refractivity contribution is 5.88. The Hall–Kier alpha value is -6.12. The largest absolute Gasteiger partial charge is 0.465 e. The van der Waals surface area contributed by atoms with Crippen LogP contribution in [0.15, 0.2) is 60.7 Å². The van der Waals surface area contributed by atoms with E-state index in [0.717, 1.165) is 58.9 Å². The summed E-state index contributed by atoms with van der Waals surface area (Å²) in [7, 11) is 1.27. The Labute approximate surface area is 309 Å². The van der Waals surface area contributed by atoms with Crippen LogP contribution in [0.25, 0.3) is 33.2 Å². The van der Waals surface area contributed by atoms with Crippen molar-refractivity contribution >= 4 is 46.1 Å². The number of likely N-dealkylation sites (tertiary alicyclic amines) is 2. The predicted octanol–water partition coefficient (Wildman–Crippen LogP) is 5.62. The van der Waals surface area contributed by atoms with Gasteiger partial charge in [-0.3, -0.25) is 9.59 Å². The molecule has 5 N–H and O–H groups in total. The van der Waals surface area contributed by atoms with E-state index in [4.69, 9.17) is 19.8 Å². The van der Waals surface area contributed by atoms with Crippen molar-refractivity contribution in [3.8, 4) is 22.6 Å². The maximum absolute atomic E-state index is 13.4. The Balaban J connectivity index is 0.910. The van der Waals surface area contributed by atoms with Gasteiger partial charge in [-0.05, 0) is 98.9 Å². The number of ether oxygens (including phenoxy) is 2. The summed E-state index contributed by atoms with van der Waals surface area (Å²) in [6, 6.07) is 17.7. The van der Waals surface area contributed by atoms with E-state index < -0.39 is 24.3 Å². The molecule has 2 aliphatic carbocycles. The van der Waals surface area contributed by atoms with E-state index >= 15 is 0 Å². The monoisotopic (exact) mass is 732 g/mol. The van der Waals surface area contributed by atoms with Crippen LogP contribution in [0.2, 0.25) is 0 Å². The molecule has 2 saturated heterocycles.